The Kier molecular flexibility index (Phi) is 5.99. The quantitative estimate of drug-likeness (QED) is 0.814. The fourth-order valence-electron chi connectivity index (χ4n) is 3.17. The number of aromatic nitrogens is 1. The normalized spacial score (nSPS) is 15.4. The molecule has 1 aliphatic rings. The Morgan fingerprint density at radius 2 is 2.04 bits per heavy atom. The van der Waals surface area contributed by atoms with Crippen LogP contribution in [0.25, 0.3) is 10.9 Å². The molecule has 0 bridgehead atoms. The molecule has 0 radical (unpaired) electrons. The van der Waals surface area contributed by atoms with Crippen LogP contribution in [-0.2, 0) is 0 Å². The molecule has 1 aromatic carbocycles. The van der Waals surface area contributed by atoms with Gasteiger partial charge in [0.25, 0.3) is 0 Å². The average Bonchev–Trinajstić information content (AvgIpc) is 2.62. The fourth-order valence-corrected chi connectivity index (χ4v) is 3.44. The zero-order valence-electron chi connectivity index (χ0n) is 14.3. The van der Waals surface area contributed by atoms with E-state index in [0.717, 1.165) is 34.5 Å². The molecule has 0 amide bonds. The van der Waals surface area contributed by atoms with Gasteiger partial charge >= 0.3 is 0 Å². The summed E-state index contributed by atoms with van der Waals surface area (Å²) in [5.74, 6) is 0.631. The van der Waals surface area contributed by atoms with Crippen molar-refractivity contribution in [3.8, 4) is 5.88 Å². The molecular formula is C19H25N3OS. The van der Waals surface area contributed by atoms with E-state index in [2.05, 4.69) is 21.3 Å². The number of thiocarbonyl (C=S) groups is 1. The first-order valence-electron chi connectivity index (χ1n) is 8.81. The van der Waals surface area contributed by atoms with Gasteiger partial charge in [-0.15, -0.1) is 0 Å². The van der Waals surface area contributed by atoms with Crippen LogP contribution >= 0.6 is 12.2 Å². The topological polar surface area (TPSA) is 37.4 Å². The molecule has 3 rings (SSSR count). The van der Waals surface area contributed by atoms with Gasteiger partial charge in [0.15, 0.2) is 0 Å². The Balaban J connectivity index is 1.70. The van der Waals surface area contributed by atoms with Crippen molar-refractivity contribution in [2.24, 2.45) is 0 Å². The molecule has 1 aromatic heterocycles. The molecule has 1 aliphatic heterocycles. The molecular weight excluding hydrogens is 318 g/mol. The third-order valence-corrected chi connectivity index (χ3v) is 4.76. The lowest BCUT2D eigenvalue weighted by molar-refractivity contribution is 0.232. The van der Waals surface area contributed by atoms with Gasteiger partial charge in [-0.2, -0.15) is 0 Å². The van der Waals surface area contributed by atoms with E-state index in [1.54, 1.807) is 0 Å². The van der Waals surface area contributed by atoms with E-state index in [-0.39, 0.29) is 0 Å². The number of fused-ring (bicyclic) bond motifs is 1. The van der Waals surface area contributed by atoms with Crippen LogP contribution in [0.3, 0.4) is 0 Å². The van der Waals surface area contributed by atoms with Crippen LogP contribution in [-0.4, -0.2) is 47.7 Å². The Hall–Kier alpha value is -1.72. The molecule has 24 heavy (non-hydrogen) atoms. The summed E-state index contributed by atoms with van der Waals surface area (Å²) < 4.78 is 5.60. The summed E-state index contributed by atoms with van der Waals surface area (Å²) in [6, 6.07) is 10.0. The van der Waals surface area contributed by atoms with Crippen molar-refractivity contribution >= 4 is 28.1 Å². The van der Waals surface area contributed by atoms with E-state index in [9.17, 15) is 0 Å². The van der Waals surface area contributed by atoms with Crippen LogP contribution in [0, 0.1) is 0 Å². The monoisotopic (exact) mass is 343 g/mol. The highest BCUT2D eigenvalue weighted by Crippen LogP contribution is 2.22. The minimum Gasteiger partial charge on any atom is -0.478 e. The number of nitrogens with zero attached hydrogens (tertiary/aromatic N) is 2. The number of ether oxygens (including phenoxy) is 1. The van der Waals surface area contributed by atoms with Crippen molar-refractivity contribution in [2.45, 2.75) is 26.2 Å². The zero-order valence-corrected chi connectivity index (χ0v) is 15.1. The molecule has 128 valence electrons. The van der Waals surface area contributed by atoms with Crippen molar-refractivity contribution in [3.05, 3.63) is 35.9 Å². The maximum atomic E-state index is 5.65. The molecule has 0 saturated carbocycles. The Bertz CT molecular complexity index is 698. The predicted octanol–water partition coefficient (Wildman–Crippen LogP) is 3.38. The summed E-state index contributed by atoms with van der Waals surface area (Å²) in [5, 5.41) is 4.48. The van der Waals surface area contributed by atoms with Gasteiger partial charge in [0, 0.05) is 30.1 Å². The average molecular weight is 343 g/mol. The number of hydrogen-bond donors (Lipinski definition) is 1. The van der Waals surface area contributed by atoms with Crippen LogP contribution in [0.15, 0.2) is 30.3 Å². The smallest absolute Gasteiger partial charge is 0.214 e. The summed E-state index contributed by atoms with van der Waals surface area (Å²) in [4.78, 5) is 7.82. The second-order valence-corrected chi connectivity index (χ2v) is 6.52. The van der Waals surface area contributed by atoms with Gasteiger partial charge in [-0.3, -0.25) is 0 Å². The van der Waals surface area contributed by atoms with E-state index in [1.807, 2.05) is 31.2 Å². The van der Waals surface area contributed by atoms with Crippen molar-refractivity contribution in [2.75, 3.05) is 32.8 Å². The third-order valence-electron chi connectivity index (χ3n) is 4.39. The fraction of sp³-hybridized carbons (Fsp3) is 0.474. The van der Waals surface area contributed by atoms with Gasteiger partial charge in [0.2, 0.25) is 5.88 Å². The van der Waals surface area contributed by atoms with Crippen molar-refractivity contribution in [1.29, 1.82) is 0 Å². The first-order valence-corrected chi connectivity index (χ1v) is 9.22. The largest absolute Gasteiger partial charge is 0.478 e. The van der Waals surface area contributed by atoms with E-state index >= 15 is 0 Å². The maximum absolute atomic E-state index is 5.65. The van der Waals surface area contributed by atoms with Crippen LogP contribution in [0.1, 0.15) is 31.7 Å². The molecule has 4 nitrogen and oxygen atoms in total. The standard InChI is InChI=1S/C19H25N3OS/c1-2-23-18-14-16(15-8-4-5-9-17(15)21-18)19(24)20-10-13-22-11-6-3-7-12-22/h4-5,8-9,14H,2-3,6-7,10-13H2,1H3,(H,20,24). The highest BCUT2D eigenvalue weighted by atomic mass is 32.1. The number of para-hydroxylation sites is 1. The molecule has 2 aromatic rings. The second-order valence-electron chi connectivity index (χ2n) is 6.12. The summed E-state index contributed by atoms with van der Waals surface area (Å²) in [6.45, 7) is 6.90. The highest BCUT2D eigenvalue weighted by molar-refractivity contribution is 7.80. The lowest BCUT2D eigenvalue weighted by Gasteiger charge is -2.26. The second kappa shape index (κ2) is 8.40. The van der Waals surface area contributed by atoms with Gasteiger partial charge in [-0.1, -0.05) is 36.8 Å². The lowest BCUT2D eigenvalue weighted by Crippen LogP contribution is -2.37. The Morgan fingerprint density at radius 3 is 2.83 bits per heavy atom. The SMILES string of the molecule is CCOc1cc(C(=S)NCCN2CCCCC2)c2ccccc2n1. The molecule has 1 saturated heterocycles. The predicted molar refractivity (Wildman–Crippen MR) is 103 cm³/mol. The van der Waals surface area contributed by atoms with E-state index in [1.165, 1.54) is 32.4 Å². The molecule has 0 atom stereocenters. The highest BCUT2D eigenvalue weighted by Gasteiger charge is 2.12. The number of pyridine rings is 1. The number of piperidine rings is 1. The van der Waals surface area contributed by atoms with Crippen LogP contribution in [0.2, 0.25) is 0 Å². The minimum atomic E-state index is 0.597. The molecule has 0 unspecified atom stereocenters. The number of likely N-dealkylation sites (tertiary alicyclic amines) is 1. The van der Waals surface area contributed by atoms with E-state index in [4.69, 9.17) is 17.0 Å². The molecule has 5 heteroatoms. The number of rotatable bonds is 6. The van der Waals surface area contributed by atoms with Crippen LogP contribution < -0.4 is 10.1 Å². The van der Waals surface area contributed by atoms with Gasteiger partial charge in [-0.25, -0.2) is 4.98 Å². The van der Waals surface area contributed by atoms with E-state index in [0.29, 0.717) is 12.5 Å². The van der Waals surface area contributed by atoms with Gasteiger partial charge in [-0.05, 0) is 38.9 Å². The number of benzene rings is 1. The summed E-state index contributed by atoms with van der Waals surface area (Å²) in [5.41, 5.74) is 1.91. The molecule has 2 heterocycles. The molecule has 1 fully saturated rings. The van der Waals surface area contributed by atoms with Crippen molar-refractivity contribution in [3.63, 3.8) is 0 Å². The number of nitrogens with one attached hydrogen (secondary N) is 1. The summed E-state index contributed by atoms with van der Waals surface area (Å²) in [6.07, 6.45) is 4.00. The van der Waals surface area contributed by atoms with Gasteiger partial charge in [0.05, 0.1) is 12.1 Å². The molecule has 0 spiro atoms. The summed E-state index contributed by atoms with van der Waals surface area (Å²) >= 11 is 5.65. The van der Waals surface area contributed by atoms with Crippen molar-refractivity contribution in [1.82, 2.24) is 15.2 Å². The molecule has 1 N–H and O–H groups in total. The maximum Gasteiger partial charge on any atom is 0.214 e. The first-order chi connectivity index (χ1) is 11.8. The molecule has 0 aliphatic carbocycles. The minimum absolute atomic E-state index is 0.597. The third kappa shape index (κ3) is 4.22. The van der Waals surface area contributed by atoms with Gasteiger partial charge < -0.3 is 15.0 Å². The van der Waals surface area contributed by atoms with Gasteiger partial charge in [0.1, 0.15) is 4.99 Å². The lowest BCUT2D eigenvalue weighted by atomic mass is 10.1. The van der Waals surface area contributed by atoms with Crippen molar-refractivity contribution < 1.29 is 4.74 Å². The van der Waals surface area contributed by atoms with Crippen LogP contribution in [0.4, 0.5) is 0 Å². The Labute approximate surface area is 149 Å². The Morgan fingerprint density at radius 1 is 1.25 bits per heavy atom. The summed E-state index contributed by atoms with van der Waals surface area (Å²) in [7, 11) is 0. The number of hydrogen-bond acceptors (Lipinski definition) is 4. The van der Waals surface area contributed by atoms with Crippen LogP contribution in [0.5, 0.6) is 5.88 Å². The van der Waals surface area contributed by atoms with E-state index < -0.39 is 0 Å². The zero-order chi connectivity index (χ0) is 16.8. The first kappa shape index (κ1) is 17.1.